The molecule has 2 fully saturated rings. The van der Waals surface area contributed by atoms with Crippen LogP contribution in [0, 0.1) is 11.6 Å². The number of hydrogen-bond acceptors (Lipinski definition) is 7. The quantitative estimate of drug-likeness (QED) is 0.350. The van der Waals surface area contributed by atoms with Gasteiger partial charge in [-0.1, -0.05) is 12.1 Å². The first-order chi connectivity index (χ1) is 20.3. The minimum atomic E-state index is -0.675. The second-order valence-corrected chi connectivity index (χ2v) is 10.7. The molecule has 2 saturated heterocycles. The predicted octanol–water partition coefficient (Wildman–Crippen LogP) is 3.04. The van der Waals surface area contributed by atoms with Crippen molar-refractivity contribution in [3.63, 3.8) is 0 Å². The number of benzene rings is 2. The zero-order chi connectivity index (χ0) is 29.2. The highest BCUT2D eigenvalue weighted by Crippen LogP contribution is 2.25. The highest BCUT2D eigenvalue weighted by Gasteiger charge is 2.21. The molecule has 0 unspecified atom stereocenters. The van der Waals surface area contributed by atoms with Crippen molar-refractivity contribution >= 4 is 34.5 Å². The summed E-state index contributed by atoms with van der Waals surface area (Å²) in [5.74, 6) is -1.03. The average molecular weight is 575 g/mol. The molecule has 0 bridgehead atoms. The van der Waals surface area contributed by atoms with Gasteiger partial charge in [0, 0.05) is 88.3 Å². The molecule has 0 aliphatic carbocycles. The Balaban J connectivity index is 1.15. The number of anilines is 2. The minimum Gasteiger partial charge on any atom is -0.354 e. The van der Waals surface area contributed by atoms with Crippen molar-refractivity contribution in [1.29, 1.82) is 0 Å². The van der Waals surface area contributed by atoms with E-state index in [-0.39, 0.29) is 30.5 Å². The molecule has 2 amide bonds. The summed E-state index contributed by atoms with van der Waals surface area (Å²) in [5, 5.41) is 6.65. The van der Waals surface area contributed by atoms with E-state index in [1.54, 1.807) is 34.9 Å². The molecule has 0 atom stereocenters. The Labute approximate surface area is 241 Å². The number of carbonyl (C=O) groups excluding carboxylic acids is 2. The van der Waals surface area contributed by atoms with E-state index in [1.165, 1.54) is 12.1 Å². The van der Waals surface area contributed by atoms with Gasteiger partial charge >= 0.3 is 0 Å². The Hall–Kier alpha value is -4.42. The standard InChI is InChI=1S/C30H32F2N8O2/c1-20(41)39-12-10-37(11-13-39)17-21-2-4-23(5-3-21)35-30-34-16-22-6-8-40(29(22)36-30)24-14-26(31)25(27(32)15-24)18-38-9-7-33-28(42)19-38/h2-6,8,14-16H,7,9-13,17-19H2,1H3,(H,33,42)(H,34,35,36). The first-order valence-corrected chi connectivity index (χ1v) is 14.0. The van der Waals surface area contributed by atoms with E-state index in [2.05, 4.69) is 25.5 Å². The summed E-state index contributed by atoms with van der Waals surface area (Å²) in [4.78, 5) is 38.2. The summed E-state index contributed by atoms with van der Waals surface area (Å²) in [6, 6.07) is 12.4. The number of halogens is 2. The maximum Gasteiger partial charge on any atom is 0.234 e. The number of nitrogens with one attached hydrogen (secondary N) is 2. The van der Waals surface area contributed by atoms with Crippen molar-refractivity contribution in [3.8, 4) is 5.69 Å². The van der Waals surface area contributed by atoms with Gasteiger partial charge in [0.25, 0.3) is 0 Å². The Kier molecular flexibility index (Phi) is 7.81. The zero-order valence-corrected chi connectivity index (χ0v) is 23.3. The number of hydrogen-bond donors (Lipinski definition) is 2. The van der Waals surface area contributed by atoms with Gasteiger partial charge in [-0.05, 0) is 35.9 Å². The van der Waals surface area contributed by atoms with Gasteiger partial charge in [-0.3, -0.25) is 19.4 Å². The normalized spacial score (nSPS) is 16.5. The molecule has 12 heteroatoms. The fourth-order valence-electron chi connectivity index (χ4n) is 5.42. The van der Waals surface area contributed by atoms with Crippen molar-refractivity contribution in [2.75, 3.05) is 51.1 Å². The van der Waals surface area contributed by atoms with Gasteiger partial charge in [-0.15, -0.1) is 0 Å². The molecule has 2 aromatic carbocycles. The minimum absolute atomic E-state index is 0.0172. The van der Waals surface area contributed by atoms with E-state index in [9.17, 15) is 9.59 Å². The van der Waals surface area contributed by atoms with Crippen LogP contribution in [-0.4, -0.2) is 86.9 Å². The van der Waals surface area contributed by atoms with Crippen molar-refractivity contribution in [3.05, 3.63) is 77.6 Å². The maximum atomic E-state index is 15.1. The van der Waals surface area contributed by atoms with Gasteiger partial charge < -0.3 is 20.1 Å². The van der Waals surface area contributed by atoms with Crippen LogP contribution in [0.3, 0.4) is 0 Å². The first-order valence-electron chi connectivity index (χ1n) is 14.0. The number of amides is 2. The lowest BCUT2D eigenvalue weighted by Gasteiger charge is -2.34. The average Bonchev–Trinajstić information content (AvgIpc) is 3.40. The molecule has 2 aromatic heterocycles. The van der Waals surface area contributed by atoms with Crippen LogP contribution in [0.5, 0.6) is 0 Å². The number of fused-ring (bicyclic) bond motifs is 1. The summed E-state index contributed by atoms with van der Waals surface area (Å²) >= 11 is 0. The number of aromatic nitrogens is 3. The number of carbonyl (C=O) groups is 2. The molecule has 0 spiro atoms. The Bertz CT molecular complexity index is 1590. The van der Waals surface area contributed by atoms with Gasteiger partial charge in [0.05, 0.1) is 12.2 Å². The molecule has 42 heavy (non-hydrogen) atoms. The van der Waals surface area contributed by atoms with Crippen molar-refractivity contribution in [2.45, 2.75) is 20.0 Å². The smallest absolute Gasteiger partial charge is 0.234 e. The van der Waals surface area contributed by atoms with Gasteiger partial charge in [0.1, 0.15) is 17.3 Å². The SMILES string of the molecule is CC(=O)N1CCN(Cc2ccc(Nc3ncc4ccn(-c5cc(F)c(CN6CCNC(=O)C6)c(F)c5)c4n3)cc2)CC1. The Morgan fingerprint density at radius 1 is 0.976 bits per heavy atom. The number of piperazine rings is 2. The van der Waals surface area contributed by atoms with Crippen LogP contribution in [-0.2, 0) is 22.7 Å². The lowest BCUT2D eigenvalue weighted by molar-refractivity contribution is -0.130. The van der Waals surface area contributed by atoms with Crippen molar-refractivity contribution < 1.29 is 18.4 Å². The van der Waals surface area contributed by atoms with Crippen LogP contribution in [0.2, 0.25) is 0 Å². The lowest BCUT2D eigenvalue weighted by atomic mass is 10.1. The molecule has 0 saturated carbocycles. The molecule has 4 heterocycles. The molecule has 4 aromatic rings. The second-order valence-electron chi connectivity index (χ2n) is 10.7. The van der Waals surface area contributed by atoms with Crippen LogP contribution in [0.15, 0.2) is 54.9 Å². The van der Waals surface area contributed by atoms with Crippen LogP contribution in [0.1, 0.15) is 18.1 Å². The molecule has 2 aliphatic heterocycles. The largest absolute Gasteiger partial charge is 0.354 e. The van der Waals surface area contributed by atoms with Gasteiger partial charge in [0.2, 0.25) is 17.8 Å². The molecule has 2 N–H and O–H groups in total. The van der Waals surface area contributed by atoms with Gasteiger partial charge in [-0.25, -0.2) is 13.8 Å². The summed E-state index contributed by atoms with van der Waals surface area (Å²) in [7, 11) is 0. The third-order valence-corrected chi connectivity index (χ3v) is 7.76. The summed E-state index contributed by atoms with van der Waals surface area (Å²) in [6.07, 6.45) is 3.37. The van der Waals surface area contributed by atoms with Crippen molar-refractivity contribution in [1.82, 2.24) is 34.6 Å². The third-order valence-electron chi connectivity index (χ3n) is 7.76. The topological polar surface area (TPSA) is 98.6 Å². The molecule has 10 nitrogen and oxygen atoms in total. The number of rotatable bonds is 7. The first kappa shape index (κ1) is 27.7. The van der Waals surface area contributed by atoms with Gasteiger partial charge in [-0.2, -0.15) is 4.98 Å². The van der Waals surface area contributed by atoms with E-state index >= 15 is 8.78 Å². The highest BCUT2D eigenvalue weighted by molar-refractivity contribution is 5.79. The molecule has 0 radical (unpaired) electrons. The Morgan fingerprint density at radius 3 is 2.40 bits per heavy atom. The van der Waals surface area contributed by atoms with Crippen LogP contribution in [0.25, 0.3) is 16.7 Å². The Morgan fingerprint density at radius 2 is 1.71 bits per heavy atom. The van der Waals surface area contributed by atoms with E-state index < -0.39 is 11.6 Å². The van der Waals surface area contributed by atoms with E-state index in [0.29, 0.717) is 30.4 Å². The van der Waals surface area contributed by atoms with Crippen LogP contribution < -0.4 is 10.6 Å². The lowest BCUT2D eigenvalue weighted by Crippen LogP contribution is -2.47. The maximum absolute atomic E-state index is 15.1. The van der Waals surface area contributed by atoms with Gasteiger partial charge in [0.15, 0.2) is 0 Å². The van der Waals surface area contributed by atoms with E-state index in [0.717, 1.165) is 49.4 Å². The second kappa shape index (κ2) is 11.8. The monoisotopic (exact) mass is 574 g/mol. The molecular weight excluding hydrogens is 542 g/mol. The van der Waals surface area contributed by atoms with Crippen LogP contribution >= 0.6 is 0 Å². The molecule has 6 rings (SSSR count). The fraction of sp³-hybridized carbons (Fsp3) is 0.333. The summed E-state index contributed by atoms with van der Waals surface area (Å²) in [6.45, 7) is 6.72. The van der Waals surface area contributed by atoms with Crippen molar-refractivity contribution in [2.24, 2.45) is 0 Å². The summed E-state index contributed by atoms with van der Waals surface area (Å²) < 4.78 is 31.8. The summed E-state index contributed by atoms with van der Waals surface area (Å²) in [5.41, 5.74) is 2.72. The molecular formula is C30H32F2N8O2. The van der Waals surface area contributed by atoms with Crippen LogP contribution in [0.4, 0.5) is 20.4 Å². The molecule has 2 aliphatic rings. The fourth-order valence-corrected chi connectivity index (χ4v) is 5.42. The third kappa shape index (κ3) is 6.09. The highest BCUT2D eigenvalue weighted by atomic mass is 19.1. The number of nitrogens with zero attached hydrogens (tertiary/aromatic N) is 6. The van der Waals surface area contributed by atoms with E-state index in [1.807, 2.05) is 29.2 Å². The van der Waals surface area contributed by atoms with E-state index in [4.69, 9.17) is 0 Å². The zero-order valence-electron chi connectivity index (χ0n) is 23.3. The molecule has 218 valence electrons. The predicted molar refractivity (Wildman–Crippen MR) is 154 cm³/mol.